The van der Waals surface area contributed by atoms with Crippen LogP contribution in [-0.4, -0.2) is 11.6 Å². The Kier molecular flexibility index (Phi) is 4.78. The third kappa shape index (κ3) is 3.28. The molecule has 0 amide bonds. The van der Waals surface area contributed by atoms with Gasteiger partial charge < -0.3 is 0 Å². The second-order valence-electron chi connectivity index (χ2n) is 8.47. The normalized spacial score (nSPS) is 12.8. The summed E-state index contributed by atoms with van der Waals surface area (Å²) in [7, 11) is 0. The Morgan fingerprint density at radius 1 is 0.471 bits per heavy atom. The van der Waals surface area contributed by atoms with Crippen LogP contribution in [0.3, 0.4) is 0 Å². The lowest BCUT2D eigenvalue weighted by Crippen LogP contribution is -2.01. The van der Waals surface area contributed by atoms with Gasteiger partial charge in [-0.15, -0.1) is 0 Å². The minimum absolute atomic E-state index is 0.214. The van der Waals surface area contributed by atoms with Crippen LogP contribution in [0.2, 0.25) is 0 Å². The molecule has 0 aromatic heterocycles. The number of fused-ring (bicyclic) bond motifs is 2. The number of hydrogen-bond donors (Lipinski definition) is 0. The lowest BCUT2D eigenvalue weighted by molar-refractivity contribution is 0.0991. The van der Waals surface area contributed by atoms with Crippen LogP contribution in [0, 0.1) is 0 Å². The van der Waals surface area contributed by atoms with Crippen molar-refractivity contribution < 1.29 is 9.59 Å². The summed E-state index contributed by atoms with van der Waals surface area (Å²) in [6.07, 6.45) is 1.74. The molecule has 5 aromatic rings. The van der Waals surface area contributed by atoms with Gasteiger partial charge in [0.1, 0.15) is 0 Å². The van der Waals surface area contributed by atoms with E-state index in [9.17, 15) is 9.59 Å². The highest BCUT2D eigenvalue weighted by Gasteiger charge is 2.37. The second kappa shape index (κ2) is 8.09. The summed E-state index contributed by atoms with van der Waals surface area (Å²) in [6, 6.07) is 37.5. The van der Waals surface area contributed by atoms with Gasteiger partial charge in [0.05, 0.1) is 5.57 Å². The smallest absolute Gasteiger partial charge is 0.198 e. The van der Waals surface area contributed by atoms with E-state index in [0.29, 0.717) is 11.1 Å². The van der Waals surface area contributed by atoms with Crippen molar-refractivity contribution >= 4 is 28.4 Å². The maximum absolute atomic E-state index is 13.8. The molecule has 6 rings (SSSR count). The molecule has 2 heteroatoms. The predicted octanol–water partition coefficient (Wildman–Crippen LogP) is 7.64. The van der Waals surface area contributed by atoms with E-state index in [1.54, 1.807) is 6.08 Å². The Labute approximate surface area is 197 Å². The fourth-order valence-corrected chi connectivity index (χ4v) is 4.76. The molecule has 5 aromatic carbocycles. The largest absolute Gasteiger partial charge is 0.288 e. The highest BCUT2D eigenvalue weighted by atomic mass is 16.2. The van der Waals surface area contributed by atoms with Gasteiger partial charge in [-0.25, -0.2) is 0 Å². The van der Waals surface area contributed by atoms with Gasteiger partial charge in [0, 0.05) is 11.1 Å². The number of Topliss-reactive ketones (excluding diaryl/α,β-unsaturated/α-hetero) is 2. The summed E-state index contributed by atoms with van der Waals surface area (Å²) >= 11 is 0. The van der Waals surface area contributed by atoms with E-state index >= 15 is 0 Å². The molecule has 0 unspecified atom stereocenters. The molecule has 0 fully saturated rings. The Hall–Kier alpha value is -4.56. The molecule has 34 heavy (non-hydrogen) atoms. The molecule has 0 bridgehead atoms. The SMILES string of the molecule is O=C1C(=Cc2ccc3ccccc3c2)C(=O)c2c(-c3ccccc3)ccc(-c3ccccc3)c21. The Morgan fingerprint density at radius 3 is 1.53 bits per heavy atom. The molecule has 0 heterocycles. The van der Waals surface area contributed by atoms with Crippen molar-refractivity contribution in [3.63, 3.8) is 0 Å². The van der Waals surface area contributed by atoms with Crippen LogP contribution in [-0.2, 0) is 0 Å². The average Bonchev–Trinajstić information content (AvgIpc) is 3.14. The molecule has 0 saturated heterocycles. The van der Waals surface area contributed by atoms with Crippen LogP contribution in [0.1, 0.15) is 26.3 Å². The first kappa shape index (κ1) is 20.1. The maximum Gasteiger partial charge on any atom is 0.198 e. The second-order valence-corrected chi connectivity index (χ2v) is 8.47. The fourth-order valence-electron chi connectivity index (χ4n) is 4.76. The third-order valence-electron chi connectivity index (χ3n) is 6.40. The Bertz CT molecular complexity index is 1530. The van der Waals surface area contributed by atoms with Gasteiger partial charge in [-0.2, -0.15) is 0 Å². The molecule has 0 atom stereocenters. The molecule has 160 valence electrons. The molecule has 0 spiro atoms. The van der Waals surface area contributed by atoms with Crippen LogP contribution in [0.25, 0.3) is 39.1 Å². The average molecular weight is 437 g/mol. The lowest BCUT2D eigenvalue weighted by Gasteiger charge is -2.12. The first-order valence-electron chi connectivity index (χ1n) is 11.3. The van der Waals surface area contributed by atoms with Crippen molar-refractivity contribution in [2.24, 2.45) is 0 Å². The number of carbonyl (C=O) groups excluding carboxylic acids is 2. The molecular formula is C32H20O2. The van der Waals surface area contributed by atoms with Crippen molar-refractivity contribution in [3.05, 3.63) is 138 Å². The Morgan fingerprint density at radius 2 is 0.971 bits per heavy atom. The molecule has 1 aliphatic rings. The highest BCUT2D eigenvalue weighted by Crippen LogP contribution is 2.41. The maximum atomic E-state index is 13.8. The summed E-state index contributed by atoms with van der Waals surface area (Å²) in [4.78, 5) is 27.5. The first-order valence-corrected chi connectivity index (χ1v) is 11.3. The van der Waals surface area contributed by atoms with Gasteiger partial charge in [-0.1, -0.05) is 109 Å². The topological polar surface area (TPSA) is 34.1 Å². The van der Waals surface area contributed by atoms with Crippen molar-refractivity contribution in [2.75, 3.05) is 0 Å². The van der Waals surface area contributed by atoms with Crippen molar-refractivity contribution in [2.45, 2.75) is 0 Å². The first-order chi connectivity index (χ1) is 16.7. The summed E-state index contributed by atoms with van der Waals surface area (Å²) in [5.74, 6) is -0.436. The molecule has 2 nitrogen and oxygen atoms in total. The number of hydrogen-bond acceptors (Lipinski definition) is 2. The number of allylic oxidation sites excluding steroid dienone is 1. The zero-order chi connectivity index (χ0) is 23.1. The van der Waals surface area contributed by atoms with E-state index in [2.05, 4.69) is 0 Å². The third-order valence-corrected chi connectivity index (χ3v) is 6.40. The quantitative estimate of drug-likeness (QED) is 0.215. The van der Waals surface area contributed by atoms with Gasteiger partial charge in [0.25, 0.3) is 0 Å². The molecule has 1 aliphatic carbocycles. The fraction of sp³-hybridized carbons (Fsp3) is 0. The van der Waals surface area contributed by atoms with E-state index < -0.39 is 0 Å². The van der Waals surface area contributed by atoms with Crippen molar-refractivity contribution in [1.82, 2.24) is 0 Å². The van der Waals surface area contributed by atoms with Crippen LogP contribution < -0.4 is 0 Å². The van der Waals surface area contributed by atoms with Crippen LogP contribution in [0.4, 0.5) is 0 Å². The molecule has 0 aliphatic heterocycles. The molecule has 0 N–H and O–H groups in total. The van der Waals surface area contributed by atoms with Gasteiger partial charge >= 0.3 is 0 Å². The minimum Gasteiger partial charge on any atom is -0.288 e. The lowest BCUT2D eigenvalue weighted by atomic mass is 9.90. The van der Waals surface area contributed by atoms with E-state index in [0.717, 1.165) is 38.6 Å². The van der Waals surface area contributed by atoms with E-state index in [-0.39, 0.29) is 17.1 Å². The summed E-state index contributed by atoms with van der Waals surface area (Å²) in [5, 5.41) is 2.19. The van der Waals surface area contributed by atoms with Gasteiger partial charge in [-0.05, 0) is 50.7 Å². The number of ketones is 2. The van der Waals surface area contributed by atoms with Crippen molar-refractivity contribution in [3.8, 4) is 22.3 Å². The summed E-state index contributed by atoms with van der Waals surface area (Å²) in [5.41, 5.74) is 5.45. The zero-order valence-electron chi connectivity index (χ0n) is 18.4. The van der Waals surface area contributed by atoms with E-state index in [1.165, 1.54) is 0 Å². The van der Waals surface area contributed by atoms with Gasteiger partial charge in [0.15, 0.2) is 11.6 Å². The summed E-state index contributed by atoms with van der Waals surface area (Å²) < 4.78 is 0. The van der Waals surface area contributed by atoms with Crippen LogP contribution >= 0.6 is 0 Å². The number of benzene rings is 5. The van der Waals surface area contributed by atoms with Gasteiger partial charge in [-0.3, -0.25) is 9.59 Å². The van der Waals surface area contributed by atoms with Gasteiger partial charge in [0.2, 0.25) is 0 Å². The highest BCUT2D eigenvalue weighted by molar-refractivity contribution is 6.44. The van der Waals surface area contributed by atoms with E-state index in [4.69, 9.17) is 0 Å². The number of rotatable bonds is 3. The van der Waals surface area contributed by atoms with E-state index in [1.807, 2.05) is 115 Å². The predicted molar refractivity (Wildman–Crippen MR) is 138 cm³/mol. The van der Waals surface area contributed by atoms with Crippen LogP contribution in [0.15, 0.2) is 121 Å². The summed E-state index contributed by atoms with van der Waals surface area (Å²) in [6.45, 7) is 0. The number of carbonyl (C=O) groups is 2. The monoisotopic (exact) mass is 436 g/mol. The van der Waals surface area contributed by atoms with Crippen LogP contribution in [0.5, 0.6) is 0 Å². The van der Waals surface area contributed by atoms with Crippen molar-refractivity contribution in [1.29, 1.82) is 0 Å². The standard InChI is InChI=1S/C32H20O2/c33-31-28(20-21-15-16-22-9-7-8-14-25(22)19-21)32(34)30-27(24-12-5-2-6-13-24)18-17-26(29(30)31)23-10-3-1-4-11-23/h1-20H. The molecule has 0 saturated carbocycles. The molecule has 0 radical (unpaired) electrons. The minimum atomic E-state index is -0.218. The molecular weight excluding hydrogens is 416 g/mol. The Balaban J connectivity index is 1.56. The zero-order valence-corrected chi connectivity index (χ0v) is 18.4.